The molecule has 0 saturated heterocycles. The lowest BCUT2D eigenvalue weighted by atomic mass is 10.1. The predicted octanol–water partition coefficient (Wildman–Crippen LogP) is 2.61. The molecule has 1 heterocycles. The molecular formula is C12H11NO3. The number of amides is 1. The van der Waals surface area contributed by atoms with Gasteiger partial charge in [-0.2, -0.15) is 0 Å². The first-order valence-corrected chi connectivity index (χ1v) is 4.81. The zero-order chi connectivity index (χ0) is 11.5. The average molecular weight is 217 g/mol. The number of benzene rings is 1. The van der Waals surface area contributed by atoms with Gasteiger partial charge in [0.05, 0.1) is 12.0 Å². The Morgan fingerprint density at radius 2 is 2.19 bits per heavy atom. The Labute approximate surface area is 92.5 Å². The highest BCUT2D eigenvalue weighted by molar-refractivity contribution is 5.91. The molecule has 2 aromatic rings. The van der Waals surface area contributed by atoms with Gasteiger partial charge in [-0.25, -0.2) is 0 Å². The summed E-state index contributed by atoms with van der Waals surface area (Å²) < 4.78 is 5.23. The third-order valence-corrected chi connectivity index (χ3v) is 2.11. The number of hydrogen-bond acceptors (Lipinski definition) is 3. The van der Waals surface area contributed by atoms with Gasteiger partial charge in [0.25, 0.3) is 0 Å². The Morgan fingerprint density at radius 1 is 1.38 bits per heavy atom. The lowest BCUT2D eigenvalue weighted by molar-refractivity contribution is -0.114. The molecule has 0 radical (unpaired) electrons. The second-order valence-electron chi connectivity index (χ2n) is 3.39. The summed E-state index contributed by atoms with van der Waals surface area (Å²) in [7, 11) is 0. The molecule has 0 atom stereocenters. The maximum Gasteiger partial charge on any atom is 0.221 e. The van der Waals surface area contributed by atoms with Crippen LogP contribution in [0, 0.1) is 0 Å². The molecule has 82 valence electrons. The van der Waals surface area contributed by atoms with Crippen LogP contribution in [0.5, 0.6) is 5.75 Å². The highest BCUT2D eigenvalue weighted by Gasteiger charge is 2.07. The number of hydrogen-bond donors (Lipinski definition) is 2. The van der Waals surface area contributed by atoms with E-state index in [0.29, 0.717) is 11.4 Å². The van der Waals surface area contributed by atoms with Crippen molar-refractivity contribution in [3.63, 3.8) is 0 Å². The summed E-state index contributed by atoms with van der Waals surface area (Å²) >= 11 is 0. The van der Waals surface area contributed by atoms with Crippen molar-refractivity contribution in [1.29, 1.82) is 0 Å². The van der Waals surface area contributed by atoms with E-state index in [9.17, 15) is 9.90 Å². The predicted molar refractivity (Wildman–Crippen MR) is 60.1 cm³/mol. The fraction of sp³-hybridized carbons (Fsp3) is 0.0833. The van der Waals surface area contributed by atoms with Gasteiger partial charge in [0.2, 0.25) is 5.91 Å². The summed E-state index contributed by atoms with van der Waals surface area (Å²) in [6, 6.07) is 8.49. The van der Waals surface area contributed by atoms with Crippen LogP contribution in [0.3, 0.4) is 0 Å². The number of carbonyl (C=O) groups excluding carboxylic acids is 1. The van der Waals surface area contributed by atoms with E-state index < -0.39 is 0 Å². The lowest BCUT2D eigenvalue weighted by Crippen LogP contribution is -2.05. The van der Waals surface area contributed by atoms with Crippen LogP contribution >= 0.6 is 0 Å². The second kappa shape index (κ2) is 4.10. The molecule has 0 spiro atoms. The first-order chi connectivity index (χ1) is 7.66. The zero-order valence-corrected chi connectivity index (χ0v) is 8.73. The molecule has 1 amide bonds. The third kappa shape index (κ3) is 2.06. The number of aromatic hydroxyl groups is 1. The van der Waals surface area contributed by atoms with E-state index in [1.165, 1.54) is 13.0 Å². The van der Waals surface area contributed by atoms with E-state index in [1.54, 1.807) is 24.5 Å². The van der Waals surface area contributed by atoms with E-state index in [2.05, 4.69) is 5.32 Å². The quantitative estimate of drug-likeness (QED) is 0.760. The summed E-state index contributed by atoms with van der Waals surface area (Å²) in [4.78, 5) is 10.9. The van der Waals surface area contributed by atoms with Gasteiger partial charge in [-0.05, 0) is 30.3 Å². The fourth-order valence-electron chi connectivity index (χ4n) is 1.42. The van der Waals surface area contributed by atoms with Crippen LogP contribution in [0.15, 0.2) is 41.0 Å². The Balaban J connectivity index is 2.39. The summed E-state index contributed by atoms with van der Waals surface area (Å²) in [5.41, 5.74) is 1.17. The van der Waals surface area contributed by atoms with Crippen molar-refractivity contribution in [3.8, 4) is 17.1 Å². The van der Waals surface area contributed by atoms with Gasteiger partial charge in [0.1, 0.15) is 11.5 Å². The molecule has 0 aliphatic carbocycles. The molecule has 4 heteroatoms. The largest absolute Gasteiger partial charge is 0.506 e. The Hall–Kier alpha value is -2.23. The van der Waals surface area contributed by atoms with Crippen molar-refractivity contribution >= 4 is 11.6 Å². The molecule has 2 rings (SSSR count). The number of phenols is 1. The summed E-state index contributed by atoms with van der Waals surface area (Å²) in [6.45, 7) is 1.39. The van der Waals surface area contributed by atoms with Crippen molar-refractivity contribution < 1.29 is 14.3 Å². The van der Waals surface area contributed by atoms with Crippen LogP contribution in [-0.4, -0.2) is 11.0 Å². The summed E-state index contributed by atoms with van der Waals surface area (Å²) in [5, 5.41) is 12.1. The number of carbonyl (C=O) groups is 1. The van der Waals surface area contributed by atoms with Crippen LogP contribution in [0.2, 0.25) is 0 Å². The molecular weight excluding hydrogens is 206 g/mol. The molecule has 0 fully saturated rings. The minimum atomic E-state index is -0.230. The molecule has 4 nitrogen and oxygen atoms in total. The third-order valence-electron chi connectivity index (χ3n) is 2.11. The molecule has 1 aromatic heterocycles. The lowest BCUT2D eigenvalue weighted by Gasteiger charge is -2.06. The van der Waals surface area contributed by atoms with E-state index in [4.69, 9.17) is 4.42 Å². The number of phenolic OH excluding ortho intramolecular Hbond substituents is 1. The van der Waals surface area contributed by atoms with Crippen molar-refractivity contribution in [1.82, 2.24) is 0 Å². The normalized spacial score (nSPS) is 10.1. The summed E-state index contributed by atoms with van der Waals surface area (Å²) in [6.07, 6.45) is 1.57. The Bertz CT molecular complexity index is 503. The molecule has 2 N–H and O–H groups in total. The number of rotatable bonds is 2. The monoisotopic (exact) mass is 217 g/mol. The molecule has 0 unspecified atom stereocenters. The molecule has 0 aliphatic heterocycles. The van der Waals surface area contributed by atoms with Gasteiger partial charge in [0.15, 0.2) is 0 Å². The smallest absolute Gasteiger partial charge is 0.221 e. The Morgan fingerprint density at radius 3 is 2.81 bits per heavy atom. The van der Waals surface area contributed by atoms with E-state index in [0.717, 1.165) is 5.56 Å². The van der Waals surface area contributed by atoms with Gasteiger partial charge >= 0.3 is 0 Å². The SMILES string of the molecule is CC(=O)Nc1cc(-c2ccco2)ccc1O. The van der Waals surface area contributed by atoms with Gasteiger partial charge in [-0.3, -0.25) is 4.79 Å². The maximum atomic E-state index is 10.9. The van der Waals surface area contributed by atoms with Crippen molar-refractivity contribution in [2.45, 2.75) is 6.92 Å². The van der Waals surface area contributed by atoms with Crippen LogP contribution in [-0.2, 0) is 4.79 Å². The van der Waals surface area contributed by atoms with Crippen molar-refractivity contribution in [3.05, 3.63) is 36.6 Å². The highest BCUT2D eigenvalue weighted by atomic mass is 16.3. The fourth-order valence-corrected chi connectivity index (χ4v) is 1.42. The van der Waals surface area contributed by atoms with Gasteiger partial charge in [0, 0.05) is 12.5 Å². The van der Waals surface area contributed by atoms with E-state index in [1.807, 2.05) is 6.07 Å². The zero-order valence-electron chi connectivity index (χ0n) is 8.73. The summed E-state index contributed by atoms with van der Waals surface area (Å²) in [5.74, 6) is 0.490. The van der Waals surface area contributed by atoms with Crippen LogP contribution in [0.25, 0.3) is 11.3 Å². The van der Waals surface area contributed by atoms with Crippen molar-refractivity contribution in [2.24, 2.45) is 0 Å². The van der Waals surface area contributed by atoms with Crippen LogP contribution in [0.1, 0.15) is 6.92 Å². The number of anilines is 1. The van der Waals surface area contributed by atoms with E-state index in [-0.39, 0.29) is 11.7 Å². The topological polar surface area (TPSA) is 62.5 Å². The maximum absolute atomic E-state index is 10.9. The molecule has 0 saturated carbocycles. The van der Waals surface area contributed by atoms with Crippen molar-refractivity contribution in [2.75, 3.05) is 5.32 Å². The van der Waals surface area contributed by atoms with Gasteiger partial charge in [-0.15, -0.1) is 0 Å². The van der Waals surface area contributed by atoms with Crippen LogP contribution < -0.4 is 5.32 Å². The first kappa shape index (κ1) is 10.3. The first-order valence-electron chi connectivity index (χ1n) is 4.81. The van der Waals surface area contributed by atoms with Gasteiger partial charge in [-0.1, -0.05) is 0 Å². The average Bonchev–Trinajstić information content (AvgIpc) is 2.73. The van der Waals surface area contributed by atoms with E-state index >= 15 is 0 Å². The Kier molecular flexibility index (Phi) is 2.64. The van der Waals surface area contributed by atoms with Crippen LogP contribution in [0.4, 0.5) is 5.69 Å². The highest BCUT2D eigenvalue weighted by Crippen LogP contribution is 2.29. The number of nitrogens with one attached hydrogen (secondary N) is 1. The molecule has 0 bridgehead atoms. The second-order valence-corrected chi connectivity index (χ2v) is 3.39. The minimum absolute atomic E-state index is 0.0329. The molecule has 0 aliphatic rings. The number of furan rings is 1. The standard InChI is InChI=1S/C12H11NO3/c1-8(14)13-10-7-9(4-5-11(10)15)12-3-2-6-16-12/h2-7,15H,1H3,(H,13,14). The molecule has 16 heavy (non-hydrogen) atoms. The van der Waals surface area contributed by atoms with Gasteiger partial charge < -0.3 is 14.8 Å². The molecule has 1 aromatic carbocycles. The minimum Gasteiger partial charge on any atom is -0.506 e.